The normalized spacial score (nSPS) is 13.9. The van der Waals surface area contributed by atoms with E-state index < -0.39 is 21.3 Å². The molecule has 0 aromatic heterocycles. The third kappa shape index (κ3) is 5.85. The van der Waals surface area contributed by atoms with E-state index in [1.54, 1.807) is 6.55 Å². The van der Waals surface area contributed by atoms with Crippen LogP contribution >= 0.6 is 23.2 Å². The molecule has 0 spiro atoms. The Labute approximate surface area is 314 Å². The Morgan fingerprint density at radius 2 is 1.16 bits per heavy atom. The Morgan fingerprint density at radius 3 is 1.72 bits per heavy atom. The molecule has 6 aromatic carbocycles. The van der Waals surface area contributed by atoms with Crippen molar-refractivity contribution >= 4 is 51.2 Å². The Balaban J connectivity index is 1.56. The summed E-state index contributed by atoms with van der Waals surface area (Å²) in [6, 6.07) is 38.6. The van der Waals surface area contributed by atoms with Gasteiger partial charge in [-0.1, -0.05) is 0 Å². The van der Waals surface area contributed by atoms with Crippen LogP contribution in [0.2, 0.25) is 10.0 Å². The van der Waals surface area contributed by atoms with Gasteiger partial charge in [0.25, 0.3) is 0 Å². The second-order valence-electron chi connectivity index (χ2n) is 16.0. The maximum atomic E-state index is 6.93. The van der Waals surface area contributed by atoms with Crippen molar-refractivity contribution in [1.82, 2.24) is 0 Å². The van der Waals surface area contributed by atoms with Crippen LogP contribution in [0, 0.1) is 0 Å². The number of hydrogen-bond donors (Lipinski definition) is 0. The fourth-order valence-corrected chi connectivity index (χ4v) is 16.5. The maximum absolute atomic E-state index is 6.93. The van der Waals surface area contributed by atoms with Crippen molar-refractivity contribution in [1.29, 1.82) is 0 Å². The van der Waals surface area contributed by atoms with Crippen LogP contribution in [0.5, 0.6) is 0 Å². The van der Waals surface area contributed by atoms with E-state index in [9.17, 15) is 0 Å². The van der Waals surface area contributed by atoms with E-state index in [0.717, 1.165) is 33.7 Å². The minimum atomic E-state index is -3.04. The van der Waals surface area contributed by atoms with E-state index in [0.29, 0.717) is 0 Å². The molecule has 0 amide bonds. The van der Waals surface area contributed by atoms with Crippen LogP contribution < -0.4 is 3.27 Å². The van der Waals surface area contributed by atoms with Gasteiger partial charge in [-0.3, -0.25) is 0 Å². The van der Waals surface area contributed by atoms with Crippen LogP contribution in [0.3, 0.4) is 0 Å². The molecule has 2 aliphatic carbocycles. The van der Waals surface area contributed by atoms with Crippen molar-refractivity contribution in [2.45, 2.75) is 65.2 Å². The molecule has 8 rings (SSSR count). The molecule has 0 radical (unpaired) electrons. The summed E-state index contributed by atoms with van der Waals surface area (Å²) in [6.07, 6.45) is 9.04. The first-order chi connectivity index (χ1) is 23.9. The Bertz CT molecular complexity index is 2370. The van der Waals surface area contributed by atoms with Gasteiger partial charge in [-0.05, 0) is 0 Å². The minimum absolute atomic E-state index is 0.00908. The third-order valence-electron chi connectivity index (χ3n) is 10.6. The molecule has 0 aliphatic heterocycles. The molecule has 0 atom stereocenters. The Morgan fingerprint density at radius 1 is 0.600 bits per heavy atom. The van der Waals surface area contributed by atoms with Crippen LogP contribution in [0.1, 0.15) is 81.3 Å². The van der Waals surface area contributed by atoms with Gasteiger partial charge in [-0.2, -0.15) is 0 Å². The topological polar surface area (TPSA) is 0 Å². The van der Waals surface area contributed by atoms with Gasteiger partial charge in [0.05, 0.1) is 0 Å². The molecule has 0 unspecified atom stereocenters. The Kier molecular flexibility index (Phi) is 8.58. The van der Waals surface area contributed by atoms with Gasteiger partial charge in [-0.15, -0.1) is 0 Å². The van der Waals surface area contributed by atoms with Crippen molar-refractivity contribution in [3.63, 3.8) is 0 Å². The zero-order valence-corrected chi connectivity index (χ0v) is 33.7. The molecule has 248 valence electrons. The van der Waals surface area contributed by atoms with Gasteiger partial charge >= 0.3 is 317 Å². The first-order valence-corrected chi connectivity index (χ1v) is 22.1. The monoisotopic (exact) mass is 766 g/mol. The average molecular weight is 769 g/mol. The second kappa shape index (κ2) is 12.7. The van der Waals surface area contributed by atoms with Crippen molar-refractivity contribution in [3.05, 3.63) is 168 Å². The van der Waals surface area contributed by atoms with Crippen LogP contribution in [0.4, 0.5) is 0 Å². The summed E-state index contributed by atoms with van der Waals surface area (Å²) in [5.41, 5.74) is 11.3. The van der Waals surface area contributed by atoms with E-state index in [2.05, 4.69) is 151 Å². The predicted octanol–water partition coefficient (Wildman–Crippen LogP) is 12.8. The van der Waals surface area contributed by atoms with E-state index in [1.165, 1.54) is 58.5 Å². The molecule has 0 N–H and O–H groups in total. The molecular formula is C47H42Cl2Zr. The number of allylic oxidation sites excluding steroid dienone is 4. The number of halogens is 2. The summed E-state index contributed by atoms with van der Waals surface area (Å²) >= 11 is 10.8. The first-order valence-electron chi connectivity index (χ1n) is 17.7. The van der Waals surface area contributed by atoms with Gasteiger partial charge in [-0.25, -0.2) is 0 Å². The van der Waals surface area contributed by atoms with Gasteiger partial charge < -0.3 is 0 Å². The quantitative estimate of drug-likeness (QED) is 0.167. The Hall–Kier alpha value is -3.35. The third-order valence-corrected chi connectivity index (χ3v) is 18.8. The molecule has 0 bridgehead atoms. The average Bonchev–Trinajstić information content (AvgIpc) is 3.75. The zero-order valence-electron chi connectivity index (χ0n) is 29.7. The first kappa shape index (κ1) is 33.8. The summed E-state index contributed by atoms with van der Waals surface area (Å²) in [4.78, 5) is 0. The van der Waals surface area contributed by atoms with Crippen LogP contribution in [0.15, 0.2) is 125 Å². The molecule has 50 heavy (non-hydrogen) atoms. The molecule has 2 aliphatic rings. The summed E-state index contributed by atoms with van der Waals surface area (Å²) < 4.78 is 4.68. The van der Waals surface area contributed by atoms with Gasteiger partial charge in [0.15, 0.2) is 0 Å². The molecule has 0 nitrogen and oxygen atoms in total. The second-order valence-corrected chi connectivity index (χ2v) is 22.7. The van der Waals surface area contributed by atoms with Crippen molar-refractivity contribution < 1.29 is 21.3 Å². The summed E-state index contributed by atoms with van der Waals surface area (Å²) in [5.74, 6) is 0. The standard InChI is InChI=1S/C21H12Cl2.C21H25.C5H5.Zr/c22-20-11-3-7-16-14(5-1-9-18(16)20)13-15-6-2-10-19-17(15)8-4-12-21(19)23;1-20(2,3)16-9-7-14-11-15-8-10-17(21(4,5)6)13-19(15)18(14)12-16;1-2-4-5-3-1;/h1-12H;7,9-10,12-13H,11H2,1-6H3;1-3H,4H2;. The molecular weight excluding hydrogens is 727 g/mol. The van der Waals surface area contributed by atoms with E-state index in [4.69, 9.17) is 23.2 Å². The van der Waals surface area contributed by atoms with E-state index >= 15 is 0 Å². The predicted molar refractivity (Wildman–Crippen MR) is 215 cm³/mol. The molecule has 0 saturated carbocycles. The summed E-state index contributed by atoms with van der Waals surface area (Å²) in [5, 5.41) is 6.19. The van der Waals surface area contributed by atoms with E-state index in [-0.39, 0.29) is 10.8 Å². The zero-order chi connectivity index (χ0) is 34.9. The number of benzene rings is 6. The molecule has 0 saturated heterocycles. The fourth-order valence-electron chi connectivity index (χ4n) is 7.89. The number of hydrogen-bond acceptors (Lipinski definition) is 0. The molecule has 0 heterocycles. The summed E-state index contributed by atoms with van der Waals surface area (Å²) in [6.45, 7) is 14.1. The van der Waals surface area contributed by atoms with Crippen LogP contribution in [-0.4, -0.2) is 3.21 Å². The molecule has 6 aromatic rings. The van der Waals surface area contributed by atoms with Crippen molar-refractivity contribution in [2.24, 2.45) is 0 Å². The summed E-state index contributed by atoms with van der Waals surface area (Å²) in [7, 11) is 0. The van der Waals surface area contributed by atoms with Crippen molar-refractivity contribution in [3.8, 4) is 11.1 Å². The number of fused-ring (bicyclic) bond motifs is 5. The van der Waals surface area contributed by atoms with E-state index in [1.807, 2.05) is 12.1 Å². The SMILES string of the molecule is CC(C)(C)c1ccc2c(c1)-c1cc(C(C)(C)C)c[c]([Zr]([C]3=CC=CC3)=[C](c3cccc4c(Cl)cccc34)c3cccc4c(Cl)cccc34)c1C2. The van der Waals surface area contributed by atoms with Crippen molar-refractivity contribution in [2.75, 3.05) is 0 Å². The number of rotatable bonds is 4. The molecule has 0 fully saturated rings. The van der Waals surface area contributed by atoms with Crippen LogP contribution in [-0.2, 0) is 38.5 Å². The fraction of sp³-hybridized carbons (Fsp3) is 0.213. The van der Waals surface area contributed by atoms with Crippen LogP contribution in [0.25, 0.3) is 32.7 Å². The van der Waals surface area contributed by atoms with Gasteiger partial charge in [0, 0.05) is 0 Å². The molecule has 3 heteroatoms. The van der Waals surface area contributed by atoms with Gasteiger partial charge in [0.1, 0.15) is 0 Å². The van der Waals surface area contributed by atoms with Gasteiger partial charge in [0.2, 0.25) is 0 Å².